The number of halogens is 4. The largest absolute Gasteiger partial charge is 0.268 e. The highest BCUT2D eigenvalue weighted by molar-refractivity contribution is 6.54. The number of hydrogen-bond donors (Lipinski definition) is 0. The number of rotatable bonds is 0. The van der Waals surface area contributed by atoms with Crippen LogP contribution in [0.15, 0.2) is 24.3 Å². The molecule has 0 spiro atoms. The highest BCUT2D eigenvalue weighted by Crippen LogP contribution is 2.49. The zero-order valence-corrected chi connectivity index (χ0v) is 13.1. The Bertz CT molecular complexity index is 961. The fourth-order valence-electron chi connectivity index (χ4n) is 2.55. The highest BCUT2D eigenvalue weighted by Gasteiger charge is 2.36. The van der Waals surface area contributed by atoms with E-state index in [9.17, 15) is 4.79 Å². The third-order valence-corrected chi connectivity index (χ3v) is 5.27. The van der Waals surface area contributed by atoms with E-state index in [-0.39, 0.29) is 31.6 Å². The number of benzene rings is 2. The molecular weight excluding hydrogens is 354 g/mol. The van der Waals surface area contributed by atoms with Gasteiger partial charge in [0, 0.05) is 0 Å². The molecule has 0 saturated carbocycles. The average Bonchev–Trinajstić information content (AvgIpc) is 2.98. The number of aromatic nitrogens is 2. The van der Waals surface area contributed by atoms with Gasteiger partial charge >= 0.3 is 0 Å². The Morgan fingerprint density at radius 3 is 2.19 bits per heavy atom. The van der Waals surface area contributed by atoms with Crippen molar-refractivity contribution >= 4 is 63.3 Å². The van der Waals surface area contributed by atoms with Crippen molar-refractivity contribution in [3.63, 3.8) is 0 Å². The van der Waals surface area contributed by atoms with Gasteiger partial charge in [0.1, 0.15) is 0 Å². The molecule has 1 aliphatic heterocycles. The quantitative estimate of drug-likeness (QED) is 0.315. The van der Waals surface area contributed by atoms with Crippen molar-refractivity contribution < 1.29 is 4.79 Å². The van der Waals surface area contributed by atoms with Crippen molar-refractivity contribution in [1.29, 1.82) is 0 Å². The Balaban J connectivity index is 2.21. The molecule has 0 bridgehead atoms. The third kappa shape index (κ3) is 1.58. The normalized spacial score (nSPS) is 12.9. The van der Waals surface area contributed by atoms with E-state index >= 15 is 0 Å². The molecule has 0 fully saturated rings. The number of para-hydroxylation sites is 2. The molecule has 104 valence electrons. The fourth-order valence-corrected chi connectivity index (χ4v) is 3.57. The summed E-state index contributed by atoms with van der Waals surface area (Å²) in [6.07, 6.45) is 0. The van der Waals surface area contributed by atoms with Crippen LogP contribution in [0.1, 0.15) is 10.4 Å². The van der Waals surface area contributed by atoms with E-state index in [0.29, 0.717) is 22.4 Å². The van der Waals surface area contributed by atoms with Crippen LogP contribution in [0, 0.1) is 0 Å². The molecule has 3 aromatic rings. The second kappa shape index (κ2) is 4.37. The lowest BCUT2D eigenvalue weighted by Crippen LogP contribution is -2.06. The first-order chi connectivity index (χ1) is 10.0. The van der Waals surface area contributed by atoms with Crippen LogP contribution in [0.3, 0.4) is 0 Å². The molecule has 0 N–H and O–H groups in total. The van der Waals surface area contributed by atoms with E-state index in [1.54, 1.807) is 6.07 Å². The average molecular weight is 358 g/mol. The Morgan fingerprint density at radius 1 is 0.857 bits per heavy atom. The van der Waals surface area contributed by atoms with Gasteiger partial charge in [-0.05, 0) is 12.1 Å². The molecule has 0 aliphatic carbocycles. The molecule has 0 atom stereocenters. The van der Waals surface area contributed by atoms with Crippen molar-refractivity contribution in [2.75, 3.05) is 0 Å². The molecule has 2 aromatic carbocycles. The van der Waals surface area contributed by atoms with Gasteiger partial charge < -0.3 is 0 Å². The minimum absolute atomic E-state index is 0.0745. The topological polar surface area (TPSA) is 34.9 Å². The Kier molecular flexibility index (Phi) is 2.79. The molecule has 2 heterocycles. The number of nitrogens with zero attached hydrogens (tertiary/aromatic N) is 2. The van der Waals surface area contributed by atoms with Gasteiger partial charge in [0.2, 0.25) is 0 Å². The minimum Gasteiger partial charge on any atom is -0.268 e. The summed E-state index contributed by atoms with van der Waals surface area (Å²) in [5, 5.41) is 0.477. The van der Waals surface area contributed by atoms with Gasteiger partial charge in [0.15, 0.2) is 5.82 Å². The maximum absolute atomic E-state index is 12.7. The maximum Gasteiger partial charge on any atom is 0.266 e. The summed E-state index contributed by atoms with van der Waals surface area (Å²) in [4.78, 5) is 17.1. The first-order valence-electron chi connectivity index (χ1n) is 5.91. The first kappa shape index (κ1) is 13.4. The molecule has 3 nitrogen and oxygen atoms in total. The summed E-state index contributed by atoms with van der Waals surface area (Å²) in [5.74, 6) is 0.126. The maximum atomic E-state index is 12.7. The van der Waals surface area contributed by atoms with E-state index in [4.69, 9.17) is 46.4 Å². The predicted octanol–water partition coefficient (Wildman–Crippen LogP) is 5.32. The zero-order chi connectivity index (χ0) is 14.9. The Labute approximate surface area is 139 Å². The molecule has 1 aromatic heterocycles. The van der Waals surface area contributed by atoms with Crippen LogP contribution in [0.25, 0.3) is 22.4 Å². The van der Waals surface area contributed by atoms with Crippen molar-refractivity contribution in [1.82, 2.24) is 9.55 Å². The molecule has 21 heavy (non-hydrogen) atoms. The van der Waals surface area contributed by atoms with Crippen LogP contribution < -0.4 is 0 Å². The van der Waals surface area contributed by atoms with Crippen molar-refractivity contribution in [3.8, 4) is 11.4 Å². The van der Waals surface area contributed by atoms with Gasteiger partial charge in [-0.3, -0.25) is 9.36 Å². The lowest BCUT2D eigenvalue weighted by molar-refractivity contribution is 0.0973. The summed E-state index contributed by atoms with van der Waals surface area (Å²) < 4.78 is 1.48. The van der Waals surface area contributed by atoms with Crippen LogP contribution >= 0.6 is 46.4 Å². The lowest BCUT2D eigenvalue weighted by Gasteiger charge is -2.07. The van der Waals surface area contributed by atoms with E-state index in [0.717, 1.165) is 0 Å². The first-order valence-corrected chi connectivity index (χ1v) is 7.42. The van der Waals surface area contributed by atoms with Crippen molar-refractivity contribution in [3.05, 3.63) is 49.9 Å². The molecule has 0 saturated heterocycles. The number of carbonyl (C=O) groups is 1. The summed E-state index contributed by atoms with van der Waals surface area (Å²) in [7, 11) is 0. The summed E-state index contributed by atoms with van der Waals surface area (Å²) in [6, 6.07) is 7.30. The molecule has 7 heteroatoms. The van der Waals surface area contributed by atoms with Crippen LogP contribution in [0.2, 0.25) is 20.1 Å². The summed E-state index contributed by atoms with van der Waals surface area (Å²) >= 11 is 24.5. The monoisotopic (exact) mass is 356 g/mol. The number of carbonyl (C=O) groups excluding carboxylic acids is 1. The van der Waals surface area contributed by atoms with Crippen LogP contribution in [0.5, 0.6) is 0 Å². The lowest BCUT2D eigenvalue weighted by atomic mass is 10.1. The van der Waals surface area contributed by atoms with Gasteiger partial charge in [-0.25, -0.2) is 4.98 Å². The summed E-state index contributed by atoms with van der Waals surface area (Å²) in [6.45, 7) is 0. The third-order valence-electron chi connectivity index (χ3n) is 3.47. The van der Waals surface area contributed by atoms with Crippen LogP contribution in [0.4, 0.5) is 0 Å². The molecule has 0 unspecified atom stereocenters. The minimum atomic E-state index is -0.306. The number of hydrogen-bond acceptors (Lipinski definition) is 2. The van der Waals surface area contributed by atoms with Crippen LogP contribution in [-0.2, 0) is 0 Å². The zero-order valence-electron chi connectivity index (χ0n) is 10.1. The van der Waals surface area contributed by atoms with Gasteiger partial charge in [0.05, 0.1) is 42.3 Å². The fraction of sp³-hybridized carbons (Fsp3) is 0. The smallest absolute Gasteiger partial charge is 0.266 e. The number of fused-ring (bicyclic) bond motifs is 5. The van der Waals surface area contributed by atoms with Gasteiger partial charge in [-0.15, -0.1) is 0 Å². The van der Waals surface area contributed by atoms with E-state index in [2.05, 4.69) is 4.98 Å². The standard InChI is InChI=1S/C14H4Cl4N2O/c15-9-7-8(10(16)12(18)11(9)17)14(21)20-6-4-2-1-3-5(6)19-13(7)20/h1-4H. The number of imidazole rings is 1. The van der Waals surface area contributed by atoms with Gasteiger partial charge in [-0.2, -0.15) is 0 Å². The second-order valence-electron chi connectivity index (χ2n) is 4.57. The van der Waals surface area contributed by atoms with Crippen molar-refractivity contribution in [2.45, 2.75) is 0 Å². The van der Waals surface area contributed by atoms with Crippen molar-refractivity contribution in [2.24, 2.45) is 0 Å². The summed E-state index contributed by atoms with van der Waals surface area (Å²) in [5.41, 5.74) is 2.06. The Morgan fingerprint density at radius 2 is 1.48 bits per heavy atom. The molecule has 0 amide bonds. The molecule has 4 rings (SSSR count). The van der Waals surface area contributed by atoms with Crippen LogP contribution in [-0.4, -0.2) is 15.5 Å². The van der Waals surface area contributed by atoms with E-state index < -0.39 is 0 Å². The Hall–Kier alpha value is -1.26. The predicted molar refractivity (Wildman–Crippen MR) is 84.9 cm³/mol. The van der Waals surface area contributed by atoms with E-state index in [1.807, 2.05) is 18.2 Å². The second-order valence-corrected chi connectivity index (χ2v) is 6.08. The SMILES string of the molecule is O=C1c2c(Cl)c(Cl)c(Cl)c(Cl)c2-c2nc3ccccc3n21. The van der Waals surface area contributed by atoms with E-state index in [1.165, 1.54) is 4.57 Å². The highest BCUT2D eigenvalue weighted by atomic mass is 35.5. The van der Waals surface area contributed by atoms with Gasteiger partial charge in [0.25, 0.3) is 5.91 Å². The molecule has 0 radical (unpaired) electrons. The van der Waals surface area contributed by atoms with Gasteiger partial charge in [-0.1, -0.05) is 58.5 Å². The molecule has 1 aliphatic rings. The molecular formula is C14H4Cl4N2O.